The lowest BCUT2D eigenvalue weighted by Gasteiger charge is -2.38. The lowest BCUT2D eigenvalue weighted by Crippen LogP contribution is -2.53. The number of carbonyl (C=O) groups is 2. The molecule has 4 aromatic carbocycles. The van der Waals surface area contributed by atoms with Crippen LogP contribution < -0.4 is 14.8 Å². The molecule has 0 radical (unpaired) electrons. The average Bonchev–Trinajstić information content (AvgIpc) is 3.65. The molecule has 48 heavy (non-hydrogen) atoms. The lowest BCUT2D eigenvalue weighted by molar-refractivity contribution is -0.134. The molecule has 2 aliphatic heterocycles. The maximum Gasteiger partial charge on any atom is 0.262 e. The van der Waals surface area contributed by atoms with Crippen LogP contribution in [0.5, 0.6) is 17.2 Å². The Morgan fingerprint density at radius 2 is 1.46 bits per heavy atom. The molecule has 0 aliphatic carbocycles. The molecule has 10 nitrogen and oxygen atoms in total. The van der Waals surface area contributed by atoms with Gasteiger partial charge in [-0.15, -0.1) is 0 Å². The highest BCUT2D eigenvalue weighted by Gasteiger charge is 2.32. The molecule has 2 heterocycles. The third-order valence-electron chi connectivity index (χ3n) is 8.94. The van der Waals surface area contributed by atoms with E-state index in [1.807, 2.05) is 23.1 Å². The van der Waals surface area contributed by atoms with Gasteiger partial charge in [0.15, 0.2) is 5.75 Å². The predicted molar refractivity (Wildman–Crippen MR) is 184 cm³/mol. The molecule has 6 rings (SSSR count). The van der Waals surface area contributed by atoms with Gasteiger partial charge in [0, 0.05) is 31.1 Å². The first-order valence-electron chi connectivity index (χ1n) is 16.3. The molecule has 0 unspecified atom stereocenters. The maximum absolute atomic E-state index is 13.8. The molecule has 0 spiro atoms. The summed E-state index contributed by atoms with van der Waals surface area (Å²) in [5.41, 5.74) is 1.28. The molecule has 2 aliphatic rings. The fourth-order valence-electron chi connectivity index (χ4n) is 6.33. The minimum atomic E-state index is -4.02. The normalized spacial score (nSPS) is 16.3. The first-order chi connectivity index (χ1) is 23.2. The molecule has 2 fully saturated rings. The van der Waals surface area contributed by atoms with Gasteiger partial charge in [0.1, 0.15) is 17.5 Å². The number of phenols is 1. The van der Waals surface area contributed by atoms with Crippen LogP contribution in [0.15, 0.2) is 108 Å². The number of rotatable bonds is 11. The number of sulfonamides is 1. The summed E-state index contributed by atoms with van der Waals surface area (Å²) in [6, 6.07) is 27.6. The van der Waals surface area contributed by atoms with Gasteiger partial charge < -0.3 is 25.0 Å². The Labute approximate surface area is 281 Å². The van der Waals surface area contributed by atoms with E-state index in [-0.39, 0.29) is 34.2 Å². The van der Waals surface area contributed by atoms with Crippen molar-refractivity contribution in [1.29, 1.82) is 0 Å². The van der Waals surface area contributed by atoms with Gasteiger partial charge in [-0.1, -0.05) is 42.5 Å². The van der Waals surface area contributed by atoms with Crippen LogP contribution in [0, 0.1) is 0 Å². The average molecular weight is 669 g/mol. The molecule has 3 N–H and O–H groups in total. The summed E-state index contributed by atoms with van der Waals surface area (Å²) in [6.07, 6.45) is 4.50. The summed E-state index contributed by atoms with van der Waals surface area (Å²) in [7, 11) is -4.02. The van der Waals surface area contributed by atoms with Crippen molar-refractivity contribution < 1.29 is 27.9 Å². The number of hydrogen-bond acceptors (Lipinski definition) is 7. The van der Waals surface area contributed by atoms with Crippen molar-refractivity contribution in [2.45, 2.75) is 49.1 Å². The first-order valence-corrected chi connectivity index (χ1v) is 17.8. The number of amides is 2. The van der Waals surface area contributed by atoms with Crippen LogP contribution in [-0.2, 0) is 21.2 Å². The Balaban J connectivity index is 1.13. The standard InChI is InChI=1S/C37H40N4O6S/c42-30-16-12-27(13-17-30)26-34(37(44)41-24-20-29(21-25-41)40-22-6-7-23-40)38-36(43)28-14-18-32(19-15-28)48(45,46)39-33-10-4-5-11-35(33)47-31-8-2-1-3-9-31/h1-5,8-19,29,34,39,42H,6-7,20-26H2,(H,38,43)/t34-/m0/s1. The van der Waals surface area contributed by atoms with Crippen molar-refractivity contribution in [2.24, 2.45) is 0 Å². The van der Waals surface area contributed by atoms with Crippen LogP contribution in [0.2, 0.25) is 0 Å². The minimum absolute atomic E-state index is 0.0360. The Hall–Kier alpha value is -4.87. The van der Waals surface area contributed by atoms with Crippen LogP contribution in [0.3, 0.4) is 0 Å². The number of piperidine rings is 1. The minimum Gasteiger partial charge on any atom is -0.508 e. The molecule has 11 heteroatoms. The summed E-state index contributed by atoms with van der Waals surface area (Å²) < 4.78 is 35.1. The van der Waals surface area contributed by atoms with Crippen LogP contribution in [0.4, 0.5) is 5.69 Å². The smallest absolute Gasteiger partial charge is 0.262 e. The van der Waals surface area contributed by atoms with Crippen molar-refractivity contribution in [3.05, 3.63) is 114 Å². The number of hydrogen-bond donors (Lipinski definition) is 3. The number of benzene rings is 4. The van der Waals surface area contributed by atoms with E-state index in [0.717, 1.165) is 31.5 Å². The number of aromatic hydroxyl groups is 1. The van der Waals surface area contributed by atoms with Crippen molar-refractivity contribution in [3.8, 4) is 17.2 Å². The van der Waals surface area contributed by atoms with Crippen molar-refractivity contribution in [2.75, 3.05) is 30.9 Å². The first kappa shape index (κ1) is 33.0. The highest BCUT2D eigenvalue weighted by Crippen LogP contribution is 2.31. The highest BCUT2D eigenvalue weighted by molar-refractivity contribution is 7.92. The SMILES string of the molecule is O=C(N[C@@H](Cc1ccc(O)cc1)C(=O)N1CCC(N2CCCC2)CC1)c1ccc(S(=O)(=O)Nc2ccccc2Oc2ccccc2)cc1. The summed E-state index contributed by atoms with van der Waals surface area (Å²) in [5.74, 6) is 0.376. The highest BCUT2D eigenvalue weighted by atomic mass is 32.2. The van der Waals surface area contributed by atoms with E-state index in [0.29, 0.717) is 30.6 Å². The van der Waals surface area contributed by atoms with Gasteiger partial charge in [0.2, 0.25) is 5.91 Å². The number of anilines is 1. The van der Waals surface area contributed by atoms with E-state index in [4.69, 9.17) is 4.74 Å². The Morgan fingerprint density at radius 1 is 0.812 bits per heavy atom. The largest absolute Gasteiger partial charge is 0.508 e. The molecule has 1 atom stereocenters. The molecule has 2 amide bonds. The van der Waals surface area contributed by atoms with Crippen molar-refractivity contribution in [3.63, 3.8) is 0 Å². The number of para-hydroxylation sites is 3. The Bertz CT molecular complexity index is 1800. The van der Waals surface area contributed by atoms with Gasteiger partial charge in [-0.25, -0.2) is 8.42 Å². The number of nitrogens with one attached hydrogen (secondary N) is 2. The monoisotopic (exact) mass is 668 g/mol. The van der Waals surface area contributed by atoms with Gasteiger partial charge in [-0.2, -0.15) is 0 Å². The van der Waals surface area contributed by atoms with Crippen LogP contribution in [0.25, 0.3) is 0 Å². The molecule has 0 bridgehead atoms. The number of phenolic OH excluding ortho intramolecular Hbond substituents is 1. The zero-order chi connectivity index (χ0) is 33.5. The van der Waals surface area contributed by atoms with E-state index < -0.39 is 22.0 Å². The van der Waals surface area contributed by atoms with E-state index >= 15 is 0 Å². The summed E-state index contributed by atoms with van der Waals surface area (Å²) in [4.78, 5) is 31.6. The van der Waals surface area contributed by atoms with Gasteiger partial charge in [-0.3, -0.25) is 14.3 Å². The van der Waals surface area contributed by atoms with Crippen molar-refractivity contribution in [1.82, 2.24) is 15.1 Å². The zero-order valence-corrected chi connectivity index (χ0v) is 27.4. The second-order valence-corrected chi connectivity index (χ2v) is 13.9. The fraction of sp³-hybridized carbons (Fsp3) is 0.297. The van der Waals surface area contributed by atoms with E-state index in [2.05, 4.69) is 14.9 Å². The van der Waals surface area contributed by atoms with E-state index in [1.165, 1.54) is 37.1 Å². The molecule has 2 saturated heterocycles. The molecule has 250 valence electrons. The lowest BCUT2D eigenvalue weighted by atomic mass is 10.00. The molecular formula is C37H40N4O6S. The topological polar surface area (TPSA) is 128 Å². The number of likely N-dealkylation sites (tertiary alicyclic amines) is 2. The van der Waals surface area contributed by atoms with Crippen LogP contribution in [0.1, 0.15) is 41.6 Å². The second kappa shape index (κ2) is 14.9. The summed E-state index contributed by atoms with van der Waals surface area (Å²) in [6.45, 7) is 3.48. The summed E-state index contributed by atoms with van der Waals surface area (Å²) in [5, 5.41) is 12.6. The number of ether oxygens (including phenoxy) is 1. The Morgan fingerprint density at radius 3 is 2.15 bits per heavy atom. The van der Waals surface area contributed by atoms with Gasteiger partial charge >= 0.3 is 0 Å². The third-order valence-corrected chi connectivity index (χ3v) is 10.3. The maximum atomic E-state index is 13.8. The van der Waals surface area contributed by atoms with Crippen LogP contribution >= 0.6 is 0 Å². The third kappa shape index (κ3) is 8.15. The second-order valence-electron chi connectivity index (χ2n) is 12.2. The molecular weight excluding hydrogens is 628 g/mol. The molecule has 0 saturated carbocycles. The fourth-order valence-corrected chi connectivity index (χ4v) is 7.40. The van der Waals surface area contributed by atoms with Gasteiger partial charge in [0.25, 0.3) is 15.9 Å². The number of nitrogens with zero attached hydrogens (tertiary/aromatic N) is 2. The van der Waals surface area contributed by atoms with Crippen LogP contribution in [-0.4, -0.2) is 73.4 Å². The van der Waals surface area contributed by atoms with E-state index in [1.54, 1.807) is 60.7 Å². The number of carbonyl (C=O) groups excluding carboxylic acids is 2. The predicted octanol–water partition coefficient (Wildman–Crippen LogP) is 5.41. The molecule has 0 aromatic heterocycles. The van der Waals surface area contributed by atoms with Crippen molar-refractivity contribution >= 4 is 27.5 Å². The van der Waals surface area contributed by atoms with Gasteiger partial charge in [0.05, 0.1) is 10.6 Å². The quantitative estimate of drug-likeness (QED) is 0.195. The summed E-state index contributed by atoms with van der Waals surface area (Å²) >= 11 is 0. The Kier molecular flexibility index (Phi) is 10.3. The van der Waals surface area contributed by atoms with Gasteiger partial charge in [-0.05, 0) is 105 Å². The van der Waals surface area contributed by atoms with E-state index in [9.17, 15) is 23.1 Å². The molecule has 4 aromatic rings. The zero-order valence-electron chi connectivity index (χ0n) is 26.6.